The van der Waals surface area contributed by atoms with Crippen molar-refractivity contribution in [1.82, 2.24) is 20.4 Å². The van der Waals surface area contributed by atoms with Crippen LogP contribution >= 0.6 is 0 Å². The number of nitrogens with one attached hydrogen (secondary N) is 2. The van der Waals surface area contributed by atoms with Crippen molar-refractivity contribution in [3.8, 4) is 11.6 Å². The van der Waals surface area contributed by atoms with E-state index in [4.69, 9.17) is 18.9 Å². The third-order valence-corrected chi connectivity index (χ3v) is 4.95. The Kier molecular flexibility index (Phi) is 7.98. The van der Waals surface area contributed by atoms with E-state index >= 15 is 0 Å². The molecule has 0 saturated carbocycles. The van der Waals surface area contributed by atoms with Crippen molar-refractivity contribution in [2.75, 3.05) is 20.8 Å². The number of hydrogen-bond acceptors (Lipinski definition) is 5. The lowest BCUT2D eigenvalue weighted by molar-refractivity contribution is 0.369. The van der Waals surface area contributed by atoms with Gasteiger partial charge >= 0.3 is 0 Å². The molecule has 0 fully saturated rings. The molecule has 0 saturated heterocycles. The first-order valence-corrected chi connectivity index (χ1v) is 10.4. The third kappa shape index (κ3) is 6.04. The molecule has 2 heterocycles. The first-order valence-electron chi connectivity index (χ1n) is 10.4. The number of furan rings is 1. The van der Waals surface area contributed by atoms with Crippen molar-refractivity contribution in [2.45, 2.75) is 32.9 Å². The summed E-state index contributed by atoms with van der Waals surface area (Å²) in [5.74, 6) is 3.24. The molecule has 0 amide bonds. The number of rotatable bonds is 10. The molecule has 0 bridgehead atoms. The first-order chi connectivity index (χ1) is 15.1. The van der Waals surface area contributed by atoms with Crippen molar-refractivity contribution in [2.24, 2.45) is 12.0 Å². The minimum atomic E-state index is 0.547. The zero-order valence-corrected chi connectivity index (χ0v) is 18.6. The summed E-state index contributed by atoms with van der Waals surface area (Å²) in [6.07, 6.45) is 3.29. The average Bonchev–Trinajstić information content (AvgIpc) is 3.42. The van der Waals surface area contributed by atoms with E-state index in [0.717, 1.165) is 53.0 Å². The van der Waals surface area contributed by atoms with Crippen LogP contribution in [0, 0.1) is 0 Å². The van der Waals surface area contributed by atoms with Crippen molar-refractivity contribution < 1.29 is 13.9 Å². The van der Waals surface area contributed by atoms with E-state index in [0.29, 0.717) is 19.6 Å². The number of aromatic nitrogens is 2. The summed E-state index contributed by atoms with van der Waals surface area (Å²) in [5, 5.41) is 11.4. The number of nitrogens with zero attached hydrogens (tertiary/aromatic N) is 3. The molecular weight excluding hydrogens is 394 g/mol. The van der Waals surface area contributed by atoms with Gasteiger partial charge in [-0.15, -0.1) is 0 Å². The fourth-order valence-corrected chi connectivity index (χ4v) is 3.33. The van der Waals surface area contributed by atoms with Gasteiger partial charge in [0.05, 0.1) is 44.8 Å². The molecule has 1 aromatic carbocycles. The third-order valence-electron chi connectivity index (χ3n) is 4.95. The van der Waals surface area contributed by atoms with Crippen molar-refractivity contribution in [3.63, 3.8) is 0 Å². The monoisotopic (exact) mass is 425 g/mol. The number of methoxy groups -OCH3 is 2. The molecule has 0 unspecified atom stereocenters. The van der Waals surface area contributed by atoms with Crippen LogP contribution in [0.2, 0.25) is 0 Å². The molecule has 0 aliphatic heterocycles. The molecule has 0 aliphatic carbocycles. The molecule has 166 valence electrons. The van der Waals surface area contributed by atoms with Gasteiger partial charge in [0.2, 0.25) is 5.88 Å². The molecule has 0 spiro atoms. The van der Waals surface area contributed by atoms with Crippen LogP contribution in [0.3, 0.4) is 0 Å². The van der Waals surface area contributed by atoms with E-state index in [2.05, 4.69) is 22.7 Å². The second-order valence-electron chi connectivity index (χ2n) is 7.03. The molecule has 3 rings (SSSR count). The van der Waals surface area contributed by atoms with Crippen molar-refractivity contribution in [1.29, 1.82) is 0 Å². The van der Waals surface area contributed by atoms with E-state index in [1.54, 1.807) is 25.2 Å². The van der Waals surface area contributed by atoms with Gasteiger partial charge in [0.25, 0.3) is 0 Å². The molecule has 0 radical (unpaired) electrons. The highest BCUT2D eigenvalue weighted by Gasteiger charge is 2.16. The number of ether oxygens (including phenoxy) is 2. The summed E-state index contributed by atoms with van der Waals surface area (Å²) in [5.41, 5.74) is 3.15. The Morgan fingerprint density at radius 2 is 1.94 bits per heavy atom. The Hall–Kier alpha value is -3.42. The predicted molar refractivity (Wildman–Crippen MR) is 121 cm³/mol. The lowest BCUT2D eigenvalue weighted by Crippen LogP contribution is -2.38. The fraction of sp³-hybridized carbons (Fsp3) is 0.391. The Labute approximate surface area is 183 Å². The van der Waals surface area contributed by atoms with Gasteiger partial charge < -0.3 is 24.5 Å². The maximum atomic E-state index is 5.55. The van der Waals surface area contributed by atoms with E-state index in [-0.39, 0.29) is 0 Å². The maximum Gasteiger partial charge on any atom is 0.216 e. The summed E-state index contributed by atoms with van der Waals surface area (Å²) in [4.78, 5) is 4.76. The van der Waals surface area contributed by atoms with Crippen LogP contribution in [0.25, 0.3) is 0 Å². The minimum absolute atomic E-state index is 0.547. The van der Waals surface area contributed by atoms with Gasteiger partial charge in [-0.2, -0.15) is 5.10 Å². The zero-order chi connectivity index (χ0) is 22.1. The summed E-state index contributed by atoms with van der Waals surface area (Å²) in [6, 6.07) is 11.8. The smallest absolute Gasteiger partial charge is 0.216 e. The minimum Gasteiger partial charge on any atom is -0.497 e. The van der Waals surface area contributed by atoms with Gasteiger partial charge in [0.1, 0.15) is 11.5 Å². The van der Waals surface area contributed by atoms with Crippen LogP contribution in [-0.2, 0) is 33.0 Å². The fourth-order valence-electron chi connectivity index (χ4n) is 3.33. The summed E-state index contributed by atoms with van der Waals surface area (Å²) < 4.78 is 18.0. The number of aryl methyl sites for hydroxylation is 2. The van der Waals surface area contributed by atoms with E-state index < -0.39 is 0 Å². The molecule has 2 aromatic heterocycles. The predicted octanol–water partition coefficient (Wildman–Crippen LogP) is 3.07. The zero-order valence-electron chi connectivity index (χ0n) is 18.6. The number of benzene rings is 1. The normalized spacial score (nSPS) is 11.4. The van der Waals surface area contributed by atoms with Crippen LogP contribution < -0.4 is 20.1 Å². The summed E-state index contributed by atoms with van der Waals surface area (Å²) in [6.45, 7) is 3.90. The number of aliphatic imine (C=N–C) groups is 1. The Balaban J connectivity index is 1.69. The first kappa shape index (κ1) is 22.3. The standard InChI is InChI=1S/C23H31N5O3/c1-5-21-20(22(30-4)28(2)27-21)16-26-23(24-13-12-19-7-6-14-31-19)25-15-17-8-10-18(29-3)11-9-17/h6-11,14H,5,12-13,15-16H2,1-4H3,(H2,24,25,26). The number of hydrogen-bond donors (Lipinski definition) is 2. The summed E-state index contributed by atoms with van der Waals surface area (Å²) in [7, 11) is 5.22. The molecule has 0 aliphatic rings. The Bertz CT molecular complexity index is 962. The Morgan fingerprint density at radius 1 is 1.13 bits per heavy atom. The maximum absolute atomic E-state index is 5.55. The number of guanidine groups is 1. The highest BCUT2D eigenvalue weighted by atomic mass is 16.5. The largest absolute Gasteiger partial charge is 0.497 e. The highest BCUT2D eigenvalue weighted by molar-refractivity contribution is 5.79. The van der Waals surface area contributed by atoms with Gasteiger partial charge in [0, 0.05) is 20.0 Å². The Morgan fingerprint density at radius 3 is 2.58 bits per heavy atom. The van der Waals surface area contributed by atoms with Crippen LogP contribution in [0.15, 0.2) is 52.1 Å². The second-order valence-corrected chi connectivity index (χ2v) is 7.03. The highest BCUT2D eigenvalue weighted by Crippen LogP contribution is 2.21. The van der Waals surface area contributed by atoms with Crippen LogP contribution in [0.4, 0.5) is 0 Å². The van der Waals surface area contributed by atoms with Crippen LogP contribution in [-0.4, -0.2) is 36.5 Å². The molecule has 2 N–H and O–H groups in total. The van der Waals surface area contributed by atoms with Crippen molar-refractivity contribution in [3.05, 3.63) is 65.2 Å². The lowest BCUT2D eigenvalue weighted by atomic mass is 10.2. The van der Waals surface area contributed by atoms with Crippen LogP contribution in [0.1, 0.15) is 29.5 Å². The quantitative estimate of drug-likeness (QED) is 0.384. The van der Waals surface area contributed by atoms with Gasteiger partial charge in [0.15, 0.2) is 5.96 Å². The molecule has 0 atom stereocenters. The molecule has 3 aromatic rings. The lowest BCUT2D eigenvalue weighted by Gasteiger charge is -2.13. The van der Waals surface area contributed by atoms with E-state index in [9.17, 15) is 0 Å². The SMILES string of the molecule is CCc1nn(C)c(OC)c1CNC(=NCc1ccc(OC)cc1)NCCc1ccco1. The second kappa shape index (κ2) is 11.1. The topological polar surface area (TPSA) is 85.8 Å². The molecule has 8 heteroatoms. The van der Waals surface area contributed by atoms with E-state index in [1.807, 2.05) is 43.4 Å². The van der Waals surface area contributed by atoms with E-state index in [1.165, 1.54) is 0 Å². The molecule has 8 nitrogen and oxygen atoms in total. The van der Waals surface area contributed by atoms with Crippen molar-refractivity contribution >= 4 is 5.96 Å². The van der Waals surface area contributed by atoms with Crippen LogP contribution in [0.5, 0.6) is 11.6 Å². The van der Waals surface area contributed by atoms with Gasteiger partial charge in [-0.25, -0.2) is 9.67 Å². The molecular formula is C23H31N5O3. The summed E-state index contributed by atoms with van der Waals surface area (Å²) >= 11 is 0. The average molecular weight is 426 g/mol. The van der Waals surface area contributed by atoms with Gasteiger partial charge in [-0.05, 0) is 36.2 Å². The molecule has 31 heavy (non-hydrogen) atoms. The van der Waals surface area contributed by atoms with Gasteiger partial charge in [-0.3, -0.25) is 0 Å². The van der Waals surface area contributed by atoms with Gasteiger partial charge in [-0.1, -0.05) is 19.1 Å².